The minimum atomic E-state index is -0.321. The Bertz CT molecular complexity index is 347. The third kappa shape index (κ3) is 2.10. The van der Waals surface area contributed by atoms with Crippen molar-refractivity contribution in [2.75, 3.05) is 7.11 Å². The summed E-state index contributed by atoms with van der Waals surface area (Å²) in [7, 11) is 1.51. The van der Waals surface area contributed by atoms with Crippen molar-refractivity contribution in [1.82, 2.24) is 0 Å². The molecule has 13 heavy (non-hydrogen) atoms. The Morgan fingerprint density at radius 1 is 1.54 bits per heavy atom. The molecule has 0 bridgehead atoms. The second-order valence-electron chi connectivity index (χ2n) is 2.75. The van der Waals surface area contributed by atoms with E-state index in [-0.39, 0.29) is 5.82 Å². The third-order valence-corrected chi connectivity index (χ3v) is 2.12. The standard InChI is InChI=1S/C10H10BrFO/c1-6(2)10-8(12)4-7(11)5-9(10)13-3/h4-5H,1H2,2-3H3. The van der Waals surface area contributed by atoms with Gasteiger partial charge in [0.2, 0.25) is 0 Å². The molecular formula is C10H10BrFO. The summed E-state index contributed by atoms with van der Waals surface area (Å²) in [5, 5.41) is 0. The summed E-state index contributed by atoms with van der Waals surface area (Å²) in [6, 6.07) is 3.11. The van der Waals surface area contributed by atoms with E-state index in [1.807, 2.05) is 0 Å². The van der Waals surface area contributed by atoms with Crippen molar-refractivity contribution in [3.8, 4) is 5.75 Å². The SMILES string of the molecule is C=C(C)c1c(F)cc(Br)cc1OC. The van der Waals surface area contributed by atoms with Crippen LogP contribution in [0.1, 0.15) is 12.5 Å². The molecule has 0 aliphatic heterocycles. The van der Waals surface area contributed by atoms with E-state index in [1.54, 1.807) is 13.0 Å². The normalized spacial score (nSPS) is 9.85. The highest BCUT2D eigenvalue weighted by molar-refractivity contribution is 9.10. The maximum atomic E-state index is 13.4. The van der Waals surface area contributed by atoms with E-state index in [2.05, 4.69) is 22.5 Å². The lowest BCUT2D eigenvalue weighted by Gasteiger charge is -2.09. The Morgan fingerprint density at radius 3 is 2.62 bits per heavy atom. The molecule has 0 spiro atoms. The maximum absolute atomic E-state index is 13.4. The second kappa shape index (κ2) is 3.92. The number of allylic oxidation sites excluding steroid dienone is 1. The Kier molecular flexibility index (Phi) is 3.09. The van der Waals surface area contributed by atoms with Crippen LogP contribution < -0.4 is 4.74 Å². The Labute approximate surface area is 85.3 Å². The summed E-state index contributed by atoms with van der Waals surface area (Å²) in [5.74, 6) is 0.179. The summed E-state index contributed by atoms with van der Waals surface area (Å²) in [6.45, 7) is 5.43. The van der Waals surface area contributed by atoms with E-state index >= 15 is 0 Å². The molecule has 0 saturated heterocycles. The first kappa shape index (κ1) is 10.3. The zero-order valence-corrected chi connectivity index (χ0v) is 9.11. The highest BCUT2D eigenvalue weighted by atomic mass is 79.9. The summed E-state index contributed by atoms with van der Waals surface area (Å²) >= 11 is 3.19. The molecule has 0 aromatic heterocycles. The molecular weight excluding hydrogens is 235 g/mol. The molecule has 1 aromatic rings. The van der Waals surface area contributed by atoms with Crippen molar-refractivity contribution in [3.63, 3.8) is 0 Å². The summed E-state index contributed by atoms with van der Waals surface area (Å²) in [5.41, 5.74) is 1.09. The number of rotatable bonds is 2. The average Bonchev–Trinajstić information content (AvgIpc) is 2.01. The summed E-state index contributed by atoms with van der Waals surface area (Å²) in [4.78, 5) is 0. The zero-order valence-electron chi connectivity index (χ0n) is 7.53. The molecule has 0 radical (unpaired) electrons. The number of benzene rings is 1. The number of hydrogen-bond donors (Lipinski definition) is 0. The molecule has 1 aromatic carbocycles. The third-order valence-electron chi connectivity index (χ3n) is 1.67. The zero-order chi connectivity index (χ0) is 10.0. The van der Waals surface area contributed by atoms with Crippen molar-refractivity contribution in [3.05, 3.63) is 34.6 Å². The first-order valence-corrected chi connectivity index (χ1v) is 4.54. The van der Waals surface area contributed by atoms with Crippen molar-refractivity contribution in [2.24, 2.45) is 0 Å². The minimum Gasteiger partial charge on any atom is -0.496 e. The van der Waals surface area contributed by atoms with Gasteiger partial charge >= 0.3 is 0 Å². The van der Waals surface area contributed by atoms with Gasteiger partial charge in [-0.05, 0) is 24.6 Å². The molecule has 0 heterocycles. The summed E-state index contributed by atoms with van der Waals surface area (Å²) < 4.78 is 19.1. The molecule has 0 aliphatic carbocycles. The van der Waals surface area contributed by atoms with Crippen LogP contribution in [0.5, 0.6) is 5.75 Å². The van der Waals surface area contributed by atoms with Crippen LogP contribution in [-0.4, -0.2) is 7.11 Å². The fraction of sp³-hybridized carbons (Fsp3) is 0.200. The van der Waals surface area contributed by atoms with Gasteiger partial charge in [-0.25, -0.2) is 4.39 Å². The van der Waals surface area contributed by atoms with Crippen LogP contribution >= 0.6 is 15.9 Å². The number of methoxy groups -OCH3 is 1. The Hall–Kier alpha value is -0.830. The van der Waals surface area contributed by atoms with Crippen LogP contribution in [0.2, 0.25) is 0 Å². The van der Waals surface area contributed by atoms with Gasteiger partial charge in [-0.15, -0.1) is 0 Å². The van der Waals surface area contributed by atoms with E-state index in [0.29, 0.717) is 21.4 Å². The second-order valence-corrected chi connectivity index (χ2v) is 3.66. The van der Waals surface area contributed by atoms with Gasteiger partial charge in [0.15, 0.2) is 0 Å². The Morgan fingerprint density at radius 2 is 2.15 bits per heavy atom. The molecule has 3 heteroatoms. The van der Waals surface area contributed by atoms with Gasteiger partial charge in [0, 0.05) is 4.47 Å². The van der Waals surface area contributed by atoms with E-state index in [4.69, 9.17) is 4.74 Å². The molecule has 70 valence electrons. The number of halogens is 2. The molecule has 0 amide bonds. The predicted molar refractivity (Wildman–Crippen MR) is 55.4 cm³/mol. The lowest BCUT2D eigenvalue weighted by Crippen LogP contribution is -1.93. The molecule has 1 rings (SSSR count). The van der Waals surface area contributed by atoms with Gasteiger partial charge in [-0.2, -0.15) is 0 Å². The predicted octanol–water partition coefficient (Wildman–Crippen LogP) is 3.63. The van der Waals surface area contributed by atoms with Crippen molar-refractivity contribution >= 4 is 21.5 Å². The van der Waals surface area contributed by atoms with Crippen LogP contribution in [0.25, 0.3) is 5.57 Å². The van der Waals surface area contributed by atoms with Gasteiger partial charge in [-0.3, -0.25) is 0 Å². The molecule has 0 fully saturated rings. The first-order valence-electron chi connectivity index (χ1n) is 3.75. The van der Waals surface area contributed by atoms with Gasteiger partial charge in [0.25, 0.3) is 0 Å². The number of hydrogen-bond acceptors (Lipinski definition) is 1. The number of ether oxygens (including phenoxy) is 1. The van der Waals surface area contributed by atoms with Gasteiger partial charge < -0.3 is 4.74 Å². The minimum absolute atomic E-state index is 0.321. The fourth-order valence-corrected chi connectivity index (χ4v) is 1.53. The summed E-state index contributed by atoms with van der Waals surface area (Å²) in [6.07, 6.45) is 0. The molecule has 0 aliphatic rings. The van der Waals surface area contributed by atoms with Gasteiger partial charge in [0.1, 0.15) is 11.6 Å². The van der Waals surface area contributed by atoms with E-state index in [0.717, 1.165) is 0 Å². The maximum Gasteiger partial charge on any atom is 0.135 e. The van der Waals surface area contributed by atoms with Gasteiger partial charge in [0.05, 0.1) is 12.7 Å². The van der Waals surface area contributed by atoms with E-state index < -0.39 is 0 Å². The van der Waals surface area contributed by atoms with Crippen LogP contribution in [0.15, 0.2) is 23.2 Å². The Balaban J connectivity index is 3.38. The molecule has 0 unspecified atom stereocenters. The van der Waals surface area contributed by atoms with Gasteiger partial charge in [-0.1, -0.05) is 22.5 Å². The van der Waals surface area contributed by atoms with Crippen molar-refractivity contribution in [2.45, 2.75) is 6.92 Å². The lowest BCUT2D eigenvalue weighted by molar-refractivity contribution is 0.409. The smallest absolute Gasteiger partial charge is 0.135 e. The first-order chi connectivity index (χ1) is 6.06. The fourth-order valence-electron chi connectivity index (χ4n) is 1.13. The molecule has 1 nitrogen and oxygen atoms in total. The topological polar surface area (TPSA) is 9.23 Å². The quantitative estimate of drug-likeness (QED) is 0.773. The van der Waals surface area contributed by atoms with Crippen LogP contribution in [0, 0.1) is 5.82 Å². The van der Waals surface area contributed by atoms with Crippen molar-refractivity contribution in [1.29, 1.82) is 0 Å². The molecule has 0 N–H and O–H groups in total. The average molecular weight is 245 g/mol. The van der Waals surface area contributed by atoms with E-state index in [1.165, 1.54) is 13.2 Å². The van der Waals surface area contributed by atoms with Crippen LogP contribution in [0.4, 0.5) is 4.39 Å². The monoisotopic (exact) mass is 244 g/mol. The van der Waals surface area contributed by atoms with E-state index in [9.17, 15) is 4.39 Å². The molecule has 0 saturated carbocycles. The molecule has 0 atom stereocenters. The highest BCUT2D eigenvalue weighted by Gasteiger charge is 2.10. The van der Waals surface area contributed by atoms with Crippen LogP contribution in [0.3, 0.4) is 0 Å². The van der Waals surface area contributed by atoms with Crippen LogP contribution in [-0.2, 0) is 0 Å². The van der Waals surface area contributed by atoms with Crippen molar-refractivity contribution < 1.29 is 9.13 Å². The lowest BCUT2D eigenvalue weighted by atomic mass is 10.1. The largest absolute Gasteiger partial charge is 0.496 e. The highest BCUT2D eigenvalue weighted by Crippen LogP contribution is 2.30.